The van der Waals surface area contributed by atoms with Gasteiger partial charge in [-0.2, -0.15) is 5.26 Å². The highest BCUT2D eigenvalue weighted by molar-refractivity contribution is 7.44. The molecule has 4 aliphatic heterocycles. The van der Waals surface area contributed by atoms with Gasteiger partial charge in [0.15, 0.2) is 0 Å². The first-order chi connectivity index (χ1) is 28.5. The summed E-state index contributed by atoms with van der Waals surface area (Å²) in [5.41, 5.74) is 10.0. The van der Waals surface area contributed by atoms with Crippen LogP contribution in [0, 0.1) is 11.3 Å². The Balaban J connectivity index is 1.05. The van der Waals surface area contributed by atoms with Crippen LogP contribution in [-0.2, 0) is 32.1 Å². The van der Waals surface area contributed by atoms with Crippen LogP contribution >= 0.6 is 8.53 Å². The average molecular weight is 820 g/mol. The number of anilines is 2. The van der Waals surface area contributed by atoms with Gasteiger partial charge in [0.2, 0.25) is 5.91 Å². The molecule has 59 heavy (non-hydrogen) atoms. The van der Waals surface area contributed by atoms with Gasteiger partial charge in [-0.1, -0.05) is 50.6 Å². The molecule has 4 heterocycles. The van der Waals surface area contributed by atoms with Gasteiger partial charge in [0.25, 0.3) is 8.53 Å². The number of ether oxygens (including phenoxy) is 1. The summed E-state index contributed by atoms with van der Waals surface area (Å²) >= 11 is 0. The molecule has 10 heteroatoms. The van der Waals surface area contributed by atoms with Crippen LogP contribution in [0.4, 0.5) is 11.4 Å². The summed E-state index contributed by atoms with van der Waals surface area (Å²) in [6, 6.07) is 18.4. The largest absolute Gasteiger partial charge is 0.485 e. The van der Waals surface area contributed by atoms with Gasteiger partial charge in [-0.3, -0.25) is 4.79 Å². The number of amides is 1. The van der Waals surface area contributed by atoms with Crippen LogP contribution in [0.3, 0.4) is 0 Å². The minimum absolute atomic E-state index is 0.0737. The number of fused-ring (bicyclic) bond motifs is 5. The van der Waals surface area contributed by atoms with Crippen molar-refractivity contribution < 1.29 is 18.6 Å². The van der Waals surface area contributed by atoms with Crippen molar-refractivity contribution >= 4 is 42.7 Å². The van der Waals surface area contributed by atoms with Crippen LogP contribution in [0.15, 0.2) is 60.2 Å². The number of aryl methyl sites for hydroxylation is 1. The first-order valence-electron chi connectivity index (χ1n) is 22.2. The smallest absolute Gasteiger partial charge is 0.259 e. The molecule has 9 nitrogen and oxygen atoms in total. The Morgan fingerprint density at radius 1 is 1.05 bits per heavy atom. The zero-order valence-corrected chi connectivity index (χ0v) is 37.3. The molecule has 4 aliphatic rings. The predicted octanol–water partition coefficient (Wildman–Crippen LogP) is 10.7. The highest BCUT2D eigenvalue weighted by Gasteiger charge is 2.40. The van der Waals surface area contributed by atoms with Crippen molar-refractivity contribution in [3.63, 3.8) is 0 Å². The van der Waals surface area contributed by atoms with Crippen LogP contribution in [0.2, 0.25) is 0 Å². The van der Waals surface area contributed by atoms with Gasteiger partial charge in [0.05, 0.1) is 25.7 Å². The molecule has 0 fully saturated rings. The zero-order chi connectivity index (χ0) is 41.7. The van der Waals surface area contributed by atoms with Gasteiger partial charge in [-0.15, -0.1) is 0 Å². The molecule has 3 atom stereocenters. The molecule has 0 saturated carbocycles. The fourth-order valence-corrected chi connectivity index (χ4v) is 11.4. The Labute approximate surface area is 354 Å². The summed E-state index contributed by atoms with van der Waals surface area (Å²) in [6.07, 6.45) is 12.3. The third-order valence-corrected chi connectivity index (χ3v) is 15.0. The Hall–Kier alpha value is -3.93. The number of carbonyl (C=O) groups excluding carboxylic acids is 1. The number of hydrogen-bond donors (Lipinski definition) is 1. The van der Waals surface area contributed by atoms with E-state index in [2.05, 4.69) is 104 Å². The molecule has 0 aromatic heterocycles. The minimum atomic E-state index is -1.33. The zero-order valence-electron chi connectivity index (χ0n) is 36.4. The summed E-state index contributed by atoms with van der Waals surface area (Å²) in [5.74, 6) is 1.22. The molecule has 3 aromatic rings. The van der Waals surface area contributed by atoms with E-state index >= 15 is 0 Å². The molecular weight excluding hydrogens is 754 g/mol. The molecule has 1 amide bonds. The molecule has 0 spiro atoms. The standard InChI is InChI=1S/C49H66N5O4P/c1-34(2)54(35(3)4)59(56-28-15-23-50)57-29-27-52(7)46(55)20-9-8-12-22-49(6)36(5)42-31-40-30-39-18-13-25-53-26-14-19-41(47(39)53)48(40)58-45(42)21-24-51-44-33-38-17-11-10-16-37(38)32-43(44)49/h10-11,16-17,30-35,45,51H,5,8-9,12-15,18-22,24-29H2,1-4,6-7H3. The Morgan fingerprint density at radius 3 is 2.53 bits per heavy atom. The van der Waals surface area contributed by atoms with Crippen molar-refractivity contribution in [1.29, 1.82) is 5.26 Å². The van der Waals surface area contributed by atoms with E-state index in [0.717, 1.165) is 75.9 Å². The normalized spacial score (nSPS) is 20.3. The van der Waals surface area contributed by atoms with E-state index in [1.165, 1.54) is 62.8 Å². The van der Waals surface area contributed by atoms with E-state index in [9.17, 15) is 4.79 Å². The maximum absolute atomic E-state index is 13.3. The van der Waals surface area contributed by atoms with Crippen LogP contribution in [-0.4, -0.2) is 80.1 Å². The van der Waals surface area contributed by atoms with Gasteiger partial charge < -0.3 is 28.9 Å². The fourth-order valence-electron chi connectivity index (χ4n) is 9.83. The monoisotopic (exact) mass is 819 g/mol. The first kappa shape index (κ1) is 43.2. The maximum Gasteiger partial charge on any atom is 0.259 e. The van der Waals surface area contributed by atoms with Crippen LogP contribution in [0.1, 0.15) is 115 Å². The number of nitrogens with zero attached hydrogens (tertiary/aromatic N) is 4. The lowest BCUT2D eigenvalue weighted by Crippen LogP contribution is -2.36. The second-order valence-corrected chi connectivity index (χ2v) is 19.2. The number of benzene rings is 3. The molecule has 0 aliphatic carbocycles. The van der Waals surface area contributed by atoms with E-state index in [4.69, 9.17) is 25.6 Å². The molecule has 316 valence electrons. The topological polar surface area (TPSA) is 90.3 Å². The molecule has 0 saturated heterocycles. The molecule has 1 N–H and O–H groups in total. The second-order valence-electron chi connectivity index (χ2n) is 17.7. The van der Waals surface area contributed by atoms with E-state index in [1.807, 2.05) is 7.05 Å². The van der Waals surface area contributed by atoms with Gasteiger partial charge in [-0.05, 0) is 124 Å². The van der Waals surface area contributed by atoms with Gasteiger partial charge in [-0.25, -0.2) is 4.67 Å². The SMILES string of the molecule is C=C1C2=Cc3cc4c5c(c3OC2CCNc2cc3ccccc3cc2C1(C)CCCCCC(=O)N(C)CCOP(OCCC#N)N(C(C)C)C(C)C)CCCN5CCC4. The maximum atomic E-state index is 13.3. The third-order valence-electron chi connectivity index (χ3n) is 12.9. The molecule has 7 rings (SSSR count). The lowest BCUT2D eigenvalue weighted by Gasteiger charge is -2.41. The Bertz CT molecular complexity index is 2060. The van der Waals surface area contributed by atoms with Crippen molar-refractivity contribution in [2.75, 3.05) is 56.7 Å². The van der Waals surface area contributed by atoms with Crippen molar-refractivity contribution in [2.24, 2.45) is 0 Å². The van der Waals surface area contributed by atoms with Crippen molar-refractivity contribution in [1.82, 2.24) is 9.57 Å². The number of nitriles is 1. The van der Waals surface area contributed by atoms with E-state index in [0.29, 0.717) is 32.6 Å². The predicted molar refractivity (Wildman–Crippen MR) is 243 cm³/mol. The van der Waals surface area contributed by atoms with Gasteiger partial charge in [0, 0.05) is 86.1 Å². The molecular formula is C49H66N5O4P. The second kappa shape index (κ2) is 19.2. The third kappa shape index (κ3) is 9.37. The highest BCUT2D eigenvalue weighted by Crippen LogP contribution is 2.51. The number of likely N-dealkylation sites (N-methyl/N-ethyl adjacent to an activating group) is 1. The van der Waals surface area contributed by atoms with Crippen LogP contribution in [0.5, 0.6) is 5.75 Å². The summed E-state index contributed by atoms with van der Waals surface area (Å²) in [6.45, 7) is 20.1. The summed E-state index contributed by atoms with van der Waals surface area (Å²) < 4.78 is 21.6. The molecule has 3 aromatic carbocycles. The van der Waals surface area contributed by atoms with E-state index < -0.39 is 8.53 Å². The summed E-state index contributed by atoms with van der Waals surface area (Å²) in [4.78, 5) is 17.7. The lowest BCUT2D eigenvalue weighted by molar-refractivity contribution is -0.130. The molecule has 0 bridgehead atoms. The summed E-state index contributed by atoms with van der Waals surface area (Å²) in [7, 11) is 0.528. The summed E-state index contributed by atoms with van der Waals surface area (Å²) in [5, 5.41) is 15.4. The van der Waals surface area contributed by atoms with Gasteiger partial charge >= 0.3 is 0 Å². The molecule has 0 radical (unpaired) electrons. The van der Waals surface area contributed by atoms with E-state index in [-0.39, 0.29) is 29.5 Å². The van der Waals surface area contributed by atoms with Crippen molar-refractivity contribution in [2.45, 2.75) is 129 Å². The van der Waals surface area contributed by atoms with Crippen LogP contribution < -0.4 is 15.0 Å². The number of hydrogen-bond acceptors (Lipinski definition) is 8. The van der Waals surface area contributed by atoms with E-state index in [1.54, 1.807) is 4.90 Å². The van der Waals surface area contributed by atoms with Gasteiger partial charge in [0.1, 0.15) is 11.9 Å². The number of carbonyl (C=O) groups is 1. The number of unbranched alkanes of at least 4 members (excludes halogenated alkanes) is 2. The lowest BCUT2D eigenvalue weighted by atomic mass is 9.68. The van der Waals surface area contributed by atoms with Crippen LogP contribution in [0.25, 0.3) is 16.8 Å². The van der Waals surface area contributed by atoms with Crippen molar-refractivity contribution in [3.05, 3.63) is 82.4 Å². The number of nitrogens with one attached hydrogen (secondary N) is 1. The van der Waals surface area contributed by atoms with Crippen molar-refractivity contribution in [3.8, 4) is 11.8 Å². The Morgan fingerprint density at radius 2 is 1.78 bits per heavy atom. The first-order valence-corrected chi connectivity index (χ1v) is 23.4. The Kier molecular flexibility index (Phi) is 14.0. The fraction of sp³-hybridized carbons (Fsp3) is 0.551. The quantitative estimate of drug-likeness (QED) is 0.113. The number of rotatable bonds is 16. The average Bonchev–Trinajstić information content (AvgIpc) is 3.25. The minimum Gasteiger partial charge on any atom is -0.485 e. The molecule has 3 unspecified atom stereocenters. The highest BCUT2D eigenvalue weighted by atomic mass is 31.2.